The van der Waals surface area contributed by atoms with Crippen molar-refractivity contribution in [1.82, 2.24) is 24.5 Å². The van der Waals surface area contributed by atoms with Crippen LogP contribution in [0.15, 0.2) is 28.0 Å². The Bertz CT molecular complexity index is 714. The normalized spacial score (nSPS) is 11.7. The van der Waals surface area contributed by atoms with Crippen molar-refractivity contribution < 1.29 is 8.42 Å². The third-order valence-electron chi connectivity index (χ3n) is 2.58. The van der Waals surface area contributed by atoms with Gasteiger partial charge in [0, 0.05) is 30.7 Å². The third kappa shape index (κ3) is 3.32. The second-order valence-corrected chi connectivity index (χ2v) is 6.69. The maximum Gasteiger partial charge on any atom is 0.244 e. The minimum absolute atomic E-state index is 0.0423. The number of hydrogen-bond donors (Lipinski definition) is 2. The van der Waals surface area contributed by atoms with Crippen molar-refractivity contribution in [3.8, 4) is 0 Å². The molecule has 0 aliphatic heterocycles. The van der Waals surface area contributed by atoms with Gasteiger partial charge in [-0.05, 0) is 22.0 Å². The summed E-state index contributed by atoms with van der Waals surface area (Å²) in [6.07, 6.45) is 3.42. The topological polar surface area (TPSA) is 116 Å². The largest absolute Gasteiger partial charge is 0.383 e. The number of anilines is 1. The summed E-state index contributed by atoms with van der Waals surface area (Å²) in [5.41, 5.74) is 5.59. The lowest BCUT2D eigenvalue weighted by molar-refractivity contribution is 0.580. The Labute approximate surface area is 124 Å². The summed E-state index contributed by atoms with van der Waals surface area (Å²) in [4.78, 5) is 3.75. The zero-order valence-electron chi connectivity index (χ0n) is 10.6. The van der Waals surface area contributed by atoms with Gasteiger partial charge in [-0.3, -0.25) is 0 Å². The molecule has 8 nitrogen and oxygen atoms in total. The van der Waals surface area contributed by atoms with E-state index in [1.807, 2.05) is 0 Å². The third-order valence-corrected chi connectivity index (χ3v) is 4.51. The molecule has 0 spiro atoms. The highest BCUT2D eigenvalue weighted by atomic mass is 79.9. The molecule has 2 heterocycles. The van der Waals surface area contributed by atoms with E-state index in [-0.39, 0.29) is 17.3 Å². The number of rotatable bonds is 5. The number of nitrogens with zero attached hydrogens (tertiary/aromatic N) is 4. The van der Waals surface area contributed by atoms with E-state index in [0.29, 0.717) is 16.7 Å². The van der Waals surface area contributed by atoms with Crippen LogP contribution < -0.4 is 10.5 Å². The Hall–Kier alpha value is -1.52. The first kappa shape index (κ1) is 14.9. The van der Waals surface area contributed by atoms with Crippen molar-refractivity contribution in [2.45, 2.75) is 11.3 Å². The molecule has 10 heteroatoms. The van der Waals surface area contributed by atoms with Crippen molar-refractivity contribution in [2.75, 3.05) is 12.3 Å². The van der Waals surface area contributed by atoms with Gasteiger partial charge in [0.05, 0.1) is 0 Å². The average Bonchev–Trinajstić information content (AvgIpc) is 2.78. The number of aryl methyl sites for hydroxylation is 1. The van der Waals surface area contributed by atoms with Crippen LogP contribution in [0, 0.1) is 0 Å². The lowest BCUT2D eigenvalue weighted by atomic mass is 10.4. The number of hydrogen-bond acceptors (Lipinski definition) is 6. The molecule has 0 bridgehead atoms. The lowest BCUT2D eigenvalue weighted by Gasteiger charge is -2.08. The molecule has 3 N–H and O–H groups in total. The van der Waals surface area contributed by atoms with E-state index >= 15 is 0 Å². The van der Waals surface area contributed by atoms with E-state index in [2.05, 4.69) is 35.8 Å². The summed E-state index contributed by atoms with van der Waals surface area (Å²) in [6.45, 7) is 0.195. The van der Waals surface area contributed by atoms with Crippen molar-refractivity contribution in [1.29, 1.82) is 0 Å². The van der Waals surface area contributed by atoms with Gasteiger partial charge < -0.3 is 10.3 Å². The molecular weight excluding hydrogens is 348 g/mol. The standard InChI is InChI=1S/C10H13BrN6O2S/c1-17-6-14-16-9(17)2-3-15-20(18,19)8-4-7(11)5-13-10(8)12/h4-6,15H,2-3H2,1H3,(H2,12,13). The second-order valence-electron chi connectivity index (χ2n) is 4.04. The van der Waals surface area contributed by atoms with Gasteiger partial charge in [0.2, 0.25) is 10.0 Å². The maximum absolute atomic E-state index is 12.1. The van der Waals surface area contributed by atoms with Crippen molar-refractivity contribution >= 4 is 31.8 Å². The number of nitrogen functional groups attached to an aromatic ring is 1. The zero-order chi connectivity index (χ0) is 14.8. The highest BCUT2D eigenvalue weighted by Gasteiger charge is 2.18. The molecule has 0 aromatic carbocycles. The van der Waals surface area contributed by atoms with Crippen LogP contribution in [0.25, 0.3) is 0 Å². The molecule has 108 valence electrons. The molecule has 0 amide bonds. The molecule has 0 radical (unpaired) electrons. The molecule has 0 saturated heterocycles. The maximum atomic E-state index is 12.1. The quantitative estimate of drug-likeness (QED) is 0.779. The van der Waals surface area contributed by atoms with Gasteiger partial charge >= 0.3 is 0 Å². The Kier molecular flexibility index (Phi) is 4.35. The smallest absolute Gasteiger partial charge is 0.244 e. The van der Waals surface area contributed by atoms with Crippen LogP contribution >= 0.6 is 15.9 Å². The molecular formula is C10H13BrN6O2S. The van der Waals surface area contributed by atoms with Crippen LogP contribution in [0.4, 0.5) is 5.82 Å². The molecule has 0 aliphatic carbocycles. The Morgan fingerprint density at radius 3 is 2.90 bits per heavy atom. The van der Waals surface area contributed by atoms with Crippen molar-refractivity contribution in [3.63, 3.8) is 0 Å². The molecule has 0 fully saturated rings. The van der Waals surface area contributed by atoms with Crippen LogP contribution in [0.3, 0.4) is 0 Å². The van der Waals surface area contributed by atoms with Gasteiger partial charge in [0.15, 0.2) is 0 Å². The van der Waals surface area contributed by atoms with E-state index in [9.17, 15) is 8.42 Å². The Morgan fingerprint density at radius 1 is 1.50 bits per heavy atom. The van der Waals surface area contributed by atoms with Crippen molar-refractivity contribution in [3.05, 3.63) is 28.9 Å². The first-order chi connectivity index (χ1) is 9.40. The molecule has 0 unspecified atom stereocenters. The summed E-state index contributed by atoms with van der Waals surface area (Å²) in [6, 6.07) is 1.41. The number of pyridine rings is 1. The number of sulfonamides is 1. The van der Waals surface area contributed by atoms with Crippen molar-refractivity contribution in [2.24, 2.45) is 7.05 Å². The summed E-state index contributed by atoms with van der Waals surface area (Å²) >= 11 is 3.17. The van der Waals surface area contributed by atoms with Crippen LogP contribution in [-0.2, 0) is 23.5 Å². The lowest BCUT2D eigenvalue weighted by Crippen LogP contribution is -2.27. The fraction of sp³-hybridized carbons (Fsp3) is 0.300. The molecule has 0 atom stereocenters. The van der Waals surface area contributed by atoms with Gasteiger partial charge in [-0.25, -0.2) is 18.1 Å². The summed E-state index contributed by atoms with van der Waals surface area (Å²) in [5, 5.41) is 7.59. The zero-order valence-corrected chi connectivity index (χ0v) is 13.0. The average molecular weight is 361 g/mol. The Balaban J connectivity index is 2.08. The number of halogens is 1. The number of nitrogens with one attached hydrogen (secondary N) is 1. The molecule has 2 aromatic rings. The SMILES string of the molecule is Cn1cnnc1CCNS(=O)(=O)c1cc(Br)cnc1N. The Morgan fingerprint density at radius 2 is 2.25 bits per heavy atom. The van der Waals surface area contributed by atoms with E-state index in [0.717, 1.165) is 0 Å². The van der Waals surface area contributed by atoms with Gasteiger partial charge in [0.1, 0.15) is 22.9 Å². The predicted molar refractivity (Wildman–Crippen MR) is 76.2 cm³/mol. The second kappa shape index (κ2) is 5.85. The van der Waals surface area contributed by atoms with Gasteiger partial charge in [-0.15, -0.1) is 10.2 Å². The molecule has 0 saturated carbocycles. The van der Waals surface area contributed by atoms with E-state index < -0.39 is 10.0 Å². The first-order valence-electron chi connectivity index (χ1n) is 5.64. The monoisotopic (exact) mass is 360 g/mol. The molecule has 2 rings (SSSR count). The fourth-order valence-electron chi connectivity index (χ4n) is 1.55. The van der Waals surface area contributed by atoms with Gasteiger partial charge in [-0.1, -0.05) is 0 Å². The van der Waals surface area contributed by atoms with Gasteiger partial charge in [0.25, 0.3) is 0 Å². The van der Waals surface area contributed by atoms with E-state index in [4.69, 9.17) is 5.73 Å². The van der Waals surface area contributed by atoms with Crippen LogP contribution in [0.2, 0.25) is 0 Å². The molecule has 0 aliphatic rings. The molecule has 2 aromatic heterocycles. The fourth-order valence-corrected chi connectivity index (χ4v) is 3.17. The highest BCUT2D eigenvalue weighted by molar-refractivity contribution is 9.10. The van der Waals surface area contributed by atoms with E-state index in [1.165, 1.54) is 12.3 Å². The number of aromatic nitrogens is 4. The minimum atomic E-state index is -3.70. The minimum Gasteiger partial charge on any atom is -0.383 e. The molecule has 20 heavy (non-hydrogen) atoms. The van der Waals surface area contributed by atoms with Crippen LogP contribution in [0.5, 0.6) is 0 Å². The first-order valence-corrected chi connectivity index (χ1v) is 7.91. The predicted octanol–water partition coefficient (Wildman–Crippen LogP) is 0.0758. The summed E-state index contributed by atoms with van der Waals surface area (Å²) < 4.78 is 29.0. The summed E-state index contributed by atoms with van der Waals surface area (Å²) in [7, 11) is -1.91. The van der Waals surface area contributed by atoms with Gasteiger partial charge in [-0.2, -0.15) is 0 Å². The van der Waals surface area contributed by atoms with E-state index in [1.54, 1.807) is 17.9 Å². The van der Waals surface area contributed by atoms with Crippen LogP contribution in [0.1, 0.15) is 5.82 Å². The summed E-state index contributed by atoms with van der Waals surface area (Å²) in [5.74, 6) is 0.646. The highest BCUT2D eigenvalue weighted by Crippen LogP contribution is 2.20. The number of nitrogens with two attached hydrogens (primary N) is 1. The van der Waals surface area contributed by atoms with Crippen LogP contribution in [-0.4, -0.2) is 34.7 Å².